The van der Waals surface area contributed by atoms with Gasteiger partial charge in [0.05, 0.1) is 35.2 Å². The van der Waals surface area contributed by atoms with Crippen molar-refractivity contribution < 1.29 is 32.6 Å². The fourth-order valence-electron chi connectivity index (χ4n) is 8.23. The first-order valence-electron chi connectivity index (χ1n) is 18.1. The Morgan fingerprint density at radius 3 is 2.63 bits per heavy atom. The molecule has 0 spiro atoms. The first kappa shape index (κ1) is 37.5. The van der Waals surface area contributed by atoms with Crippen molar-refractivity contribution in [2.24, 2.45) is 23.7 Å². The molecule has 3 aromatic heterocycles. The Morgan fingerprint density at radius 2 is 1.93 bits per heavy atom. The van der Waals surface area contributed by atoms with Gasteiger partial charge in [0.25, 0.3) is 11.5 Å². The Bertz CT molecular complexity index is 2220. The van der Waals surface area contributed by atoms with Crippen molar-refractivity contribution in [3.05, 3.63) is 80.5 Å². The van der Waals surface area contributed by atoms with Gasteiger partial charge in [0.15, 0.2) is 17.3 Å². The maximum Gasteiger partial charge on any atom is 0.416 e. The predicted molar refractivity (Wildman–Crippen MR) is 192 cm³/mol. The zero-order valence-electron chi connectivity index (χ0n) is 30.1. The molecule has 0 bridgehead atoms. The van der Waals surface area contributed by atoms with Crippen LogP contribution in [0.3, 0.4) is 0 Å². The van der Waals surface area contributed by atoms with Crippen LogP contribution in [0.4, 0.5) is 18.9 Å². The van der Waals surface area contributed by atoms with Crippen LogP contribution >= 0.6 is 11.6 Å². The lowest BCUT2D eigenvalue weighted by Crippen LogP contribution is -2.41. The lowest BCUT2D eigenvalue weighted by Gasteiger charge is -2.32. The number of nitrogens with zero attached hydrogens (tertiary/aromatic N) is 7. The number of ether oxygens (including phenoxy) is 1. The average molecular weight is 769 g/mol. The number of rotatable bonds is 7. The molecule has 2 N–H and O–H groups in total. The van der Waals surface area contributed by atoms with Crippen molar-refractivity contribution in [3.63, 3.8) is 0 Å². The molecule has 4 unspecified atom stereocenters. The number of hydrogen-bond acceptors (Lipinski definition) is 9. The number of hydrogen-bond donors (Lipinski definition) is 2. The Balaban J connectivity index is 0.00000221. The predicted octanol–water partition coefficient (Wildman–Crippen LogP) is 5.74. The molecule has 0 radical (unpaired) electrons. The van der Waals surface area contributed by atoms with E-state index in [2.05, 4.69) is 27.3 Å². The summed E-state index contributed by atoms with van der Waals surface area (Å²) in [6, 6.07) is 4.20. The SMILES string of the molecule is CC.Cc1ncnc(C(=O)N2CCC(C3C(C)C3c3cc(=O)n4nc(C5=CCOCC5)nc4n3CC(=O)Nc3ccc(C(F)(F)F)cc3Cl)[C@@H]3C[C@@H]32)c1O. The number of anilines is 1. The summed E-state index contributed by atoms with van der Waals surface area (Å²) >= 11 is 6.15. The Morgan fingerprint density at radius 1 is 1.15 bits per heavy atom. The van der Waals surface area contributed by atoms with E-state index in [4.69, 9.17) is 21.3 Å². The van der Waals surface area contributed by atoms with Crippen LogP contribution in [0.5, 0.6) is 5.75 Å². The van der Waals surface area contributed by atoms with E-state index in [0.717, 1.165) is 30.2 Å². The summed E-state index contributed by atoms with van der Waals surface area (Å²) in [6.45, 7) is 8.74. The van der Waals surface area contributed by atoms with E-state index in [9.17, 15) is 32.7 Å². The summed E-state index contributed by atoms with van der Waals surface area (Å²) < 4.78 is 48.0. The second-order valence-electron chi connectivity index (χ2n) is 14.0. The molecule has 1 aromatic carbocycles. The summed E-state index contributed by atoms with van der Waals surface area (Å²) in [5.41, 5.74) is 0.416. The van der Waals surface area contributed by atoms with Gasteiger partial charge in [-0.15, -0.1) is 5.10 Å². The van der Waals surface area contributed by atoms with Gasteiger partial charge in [-0.1, -0.05) is 38.4 Å². The normalized spacial score (nSPS) is 24.6. The molecule has 6 atom stereocenters. The average Bonchev–Trinajstić information content (AvgIpc) is 4.03. The van der Waals surface area contributed by atoms with Crippen molar-refractivity contribution in [2.75, 3.05) is 25.1 Å². The van der Waals surface area contributed by atoms with E-state index in [1.54, 1.807) is 16.4 Å². The minimum absolute atomic E-state index is 0.00473. The number of carbonyl (C=O) groups is 2. The Hall–Kier alpha value is -4.83. The van der Waals surface area contributed by atoms with E-state index in [-0.39, 0.29) is 76.0 Å². The number of likely N-dealkylation sites (tertiary alicyclic amines) is 1. The van der Waals surface area contributed by atoms with Crippen molar-refractivity contribution in [1.82, 2.24) is 34.0 Å². The molecule has 2 amide bonds. The monoisotopic (exact) mass is 768 g/mol. The number of nitrogens with one attached hydrogen (secondary N) is 1. The highest BCUT2D eigenvalue weighted by Crippen LogP contribution is 2.64. The van der Waals surface area contributed by atoms with Gasteiger partial charge in [-0.05, 0) is 73.6 Å². The topological polar surface area (TPSA) is 157 Å². The van der Waals surface area contributed by atoms with E-state index >= 15 is 0 Å². The first-order chi connectivity index (χ1) is 25.8. The van der Waals surface area contributed by atoms with Gasteiger partial charge < -0.3 is 24.6 Å². The van der Waals surface area contributed by atoms with Crippen molar-refractivity contribution >= 4 is 40.5 Å². The quantitative estimate of drug-likeness (QED) is 0.240. The number of aromatic hydroxyl groups is 1. The molecule has 13 nitrogen and oxygen atoms in total. The summed E-state index contributed by atoms with van der Waals surface area (Å²) in [4.78, 5) is 55.1. The van der Waals surface area contributed by atoms with Crippen LogP contribution in [0.1, 0.15) is 79.2 Å². The molecule has 2 aliphatic heterocycles. The van der Waals surface area contributed by atoms with Gasteiger partial charge in [0.1, 0.15) is 12.9 Å². The van der Waals surface area contributed by atoms with Gasteiger partial charge in [0, 0.05) is 30.3 Å². The molecule has 1 saturated heterocycles. The van der Waals surface area contributed by atoms with Crippen LogP contribution in [0, 0.1) is 30.6 Å². The summed E-state index contributed by atoms with van der Waals surface area (Å²) in [5, 5.41) is 17.3. The molecular weight excluding hydrogens is 729 g/mol. The smallest absolute Gasteiger partial charge is 0.416 e. The number of aromatic nitrogens is 6. The van der Waals surface area contributed by atoms with E-state index in [1.807, 2.05) is 19.9 Å². The molecule has 286 valence electrons. The fourth-order valence-corrected chi connectivity index (χ4v) is 8.46. The fraction of sp³-hybridized carbons (Fsp3) is 0.486. The highest BCUT2D eigenvalue weighted by molar-refractivity contribution is 6.33. The van der Waals surface area contributed by atoms with E-state index < -0.39 is 23.2 Å². The summed E-state index contributed by atoms with van der Waals surface area (Å²) in [6.07, 6.45) is 0.593. The zero-order valence-corrected chi connectivity index (χ0v) is 30.9. The Labute approximate surface area is 313 Å². The Kier molecular flexibility index (Phi) is 10.0. The maximum absolute atomic E-state index is 13.6. The molecule has 17 heteroatoms. The number of benzene rings is 1. The van der Waals surface area contributed by atoms with Gasteiger partial charge in [0.2, 0.25) is 11.7 Å². The van der Waals surface area contributed by atoms with Crippen LogP contribution in [-0.2, 0) is 22.3 Å². The largest absolute Gasteiger partial charge is 0.504 e. The molecule has 4 aromatic rings. The molecule has 2 saturated carbocycles. The van der Waals surface area contributed by atoms with Gasteiger partial charge in [-0.3, -0.25) is 14.4 Å². The van der Waals surface area contributed by atoms with Crippen LogP contribution in [0.2, 0.25) is 5.02 Å². The standard InChI is InChI=1S/C35H34ClF3N8O5.C2H6/c1-16-28(20-5-8-45(24-12-21(20)24)33(51)30-31(50)17(2)40-15-41-30)29(16)25-13-27(49)47-34(43-32(44-47)18-6-9-52-10-7-18)46(25)14-26(48)42-23-4-3-19(11-22(23)36)35(37,38)39;1-2/h3-4,6,11,13,15-16,20-21,24,28-29,50H,5,7-10,12,14H2,1-2H3,(H,42,48);1-2H3/t16?,20?,21-,24-,28?,29?;/m0./s1. The molecule has 5 heterocycles. The van der Waals surface area contributed by atoms with Gasteiger partial charge in [-0.25, -0.2) is 9.97 Å². The minimum atomic E-state index is -4.60. The van der Waals surface area contributed by atoms with Crippen molar-refractivity contribution in [2.45, 2.75) is 71.6 Å². The van der Waals surface area contributed by atoms with Crippen LogP contribution < -0.4 is 10.9 Å². The number of halogens is 4. The third-order valence-corrected chi connectivity index (χ3v) is 11.3. The van der Waals surface area contributed by atoms with Gasteiger partial charge >= 0.3 is 6.18 Å². The van der Waals surface area contributed by atoms with Crippen LogP contribution in [0.25, 0.3) is 11.4 Å². The number of amides is 2. The molecule has 4 aliphatic rings. The number of fused-ring (bicyclic) bond motifs is 2. The third kappa shape index (κ3) is 6.85. The van der Waals surface area contributed by atoms with E-state index in [0.29, 0.717) is 49.8 Å². The summed E-state index contributed by atoms with van der Waals surface area (Å²) in [7, 11) is 0. The van der Waals surface area contributed by atoms with Crippen molar-refractivity contribution in [1.29, 1.82) is 0 Å². The van der Waals surface area contributed by atoms with Crippen molar-refractivity contribution in [3.8, 4) is 5.75 Å². The summed E-state index contributed by atoms with van der Waals surface area (Å²) in [5.74, 6) is 0.0631. The third-order valence-electron chi connectivity index (χ3n) is 11.0. The maximum atomic E-state index is 13.6. The number of aryl methyl sites for hydroxylation is 1. The number of carbonyl (C=O) groups excluding carboxylic acids is 2. The molecule has 3 fully saturated rings. The lowest BCUT2D eigenvalue weighted by molar-refractivity contribution is -0.137. The molecule has 2 aliphatic carbocycles. The lowest BCUT2D eigenvalue weighted by atomic mass is 9.88. The van der Waals surface area contributed by atoms with Gasteiger partial charge in [-0.2, -0.15) is 22.7 Å². The number of piperidine rings is 1. The van der Waals surface area contributed by atoms with E-state index in [1.165, 1.54) is 16.9 Å². The molecular formula is C37H40ClF3N8O5. The highest BCUT2D eigenvalue weighted by Gasteiger charge is 2.62. The highest BCUT2D eigenvalue weighted by atomic mass is 35.5. The number of alkyl halides is 3. The second-order valence-corrected chi connectivity index (χ2v) is 14.4. The minimum Gasteiger partial charge on any atom is -0.504 e. The molecule has 8 rings (SSSR count). The second kappa shape index (κ2) is 14.4. The van der Waals surface area contributed by atoms with Crippen LogP contribution in [-0.4, -0.2) is 76.8 Å². The van der Waals surface area contributed by atoms with Crippen LogP contribution in [0.15, 0.2) is 41.5 Å². The first-order valence-corrected chi connectivity index (χ1v) is 18.5. The molecule has 54 heavy (non-hydrogen) atoms. The zero-order chi connectivity index (χ0) is 38.6.